The van der Waals surface area contributed by atoms with Gasteiger partial charge in [-0.15, -0.1) is 0 Å². The topological polar surface area (TPSA) is 61.7 Å². The Hall–Kier alpha value is -7.05. The minimum Gasteiger partial charge on any atom is -0.455 e. The molecular formula is C45H27N5O. The smallest absolute Gasteiger partial charge is 0.238 e. The first-order chi connectivity index (χ1) is 25.3. The summed E-state index contributed by atoms with van der Waals surface area (Å²) in [7, 11) is 0. The molecule has 0 fully saturated rings. The molecule has 0 atom stereocenters. The number of aromatic nitrogens is 5. The highest BCUT2D eigenvalue weighted by molar-refractivity contribution is 6.24. The predicted molar refractivity (Wildman–Crippen MR) is 207 cm³/mol. The maximum atomic E-state index is 6.55. The van der Waals surface area contributed by atoms with Crippen molar-refractivity contribution in [3.63, 3.8) is 0 Å². The summed E-state index contributed by atoms with van der Waals surface area (Å²) in [6, 6.07) is 56.7. The molecule has 0 saturated heterocycles. The van der Waals surface area contributed by atoms with Crippen molar-refractivity contribution in [2.45, 2.75) is 0 Å². The number of nitrogens with zero attached hydrogens (tertiary/aromatic N) is 5. The van der Waals surface area contributed by atoms with Crippen molar-refractivity contribution in [1.82, 2.24) is 24.1 Å². The van der Waals surface area contributed by atoms with Crippen molar-refractivity contribution in [2.24, 2.45) is 0 Å². The fourth-order valence-corrected chi connectivity index (χ4v) is 7.73. The van der Waals surface area contributed by atoms with Crippen molar-refractivity contribution < 1.29 is 4.42 Å². The molecule has 4 heterocycles. The molecule has 0 radical (unpaired) electrons. The molecule has 4 aromatic heterocycles. The van der Waals surface area contributed by atoms with Gasteiger partial charge in [0.25, 0.3) is 0 Å². The van der Waals surface area contributed by atoms with Gasteiger partial charge in [-0.1, -0.05) is 115 Å². The Labute approximate surface area is 291 Å². The standard InChI is InChI=1S/C45H27N5O/c1-3-13-28(14-4-1)43-46-44(29-15-5-2-6-16-29)48-45(47-43)50-36-20-10-7-17-31(36)35-27-30(23-25-38(35)50)49-37-21-11-8-19-34(37)41-39(49)26-24-33-32-18-9-12-22-40(32)51-42(33)41/h1-27H. The zero-order chi connectivity index (χ0) is 33.5. The molecule has 0 unspecified atom stereocenters. The maximum Gasteiger partial charge on any atom is 0.238 e. The molecule has 51 heavy (non-hydrogen) atoms. The van der Waals surface area contributed by atoms with Crippen LogP contribution in [0, 0.1) is 0 Å². The number of benzene rings is 7. The van der Waals surface area contributed by atoms with Crippen LogP contribution in [0.25, 0.3) is 100.0 Å². The van der Waals surface area contributed by atoms with Crippen LogP contribution in [-0.4, -0.2) is 24.1 Å². The molecule has 6 nitrogen and oxygen atoms in total. The second-order valence-corrected chi connectivity index (χ2v) is 12.9. The first kappa shape index (κ1) is 27.9. The molecule has 0 spiro atoms. The molecule has 0 N–H and O–H groups in total. The normalized spacial score (nSPS) is 11.9. The van der Waals surface area contributed by atoms with E-state index in [0.717, 1.165) is 82.4 Å². The summed E-state index contributed by atoms with van der Waals surface area (Å²) in [5, 5.41) is 6.77. The van der Waals surface area contributed by atoms with E-state index >= 15 is 0 Å². The van der Waals surface area contributed by atoms with E-state index in [1.807, 2.05) is 72.8 Å². The molecular weight excluding hydrogens is 627 g/mol. The van der Waals surface area contributed by atoms with Crippen LogP contribution in [-0.2, 0) is 0 Å². The van der Waals surface area contributed by atoms with Crippen molar-refractivity contribution >= 4 is 65.6 Å². The molecule has 0 bridgehead atoms. The van der Waals surface area contributed by atoms with Crippen molar-refractivity contribution in [3.05, 3.63) is 164 Å². The van der Waals surface area contributed by atoms with Gasteiger partial charge in [0.2, 0.25) is 5.95 Å². The summed E-state index contributed by atoms with van der Waals surface area (Å²) >= 11 is 0. The Balaban J connectivity index is 1.18. The van der Waals surface area contributed by atoms with Crippen molar-refractivity contribution in [1.29, 1.82) is 0 Å². The van der Waals surface area contributed by atoms with Gasteiger partial charge in [0.1, 0.15) is 11.2 Å². The van der Waals surface area contributed by atoms with Crippen LogP contribution < -0.4 is 0 Å². The Kier molecular flexibility index (Phi) is 5.86. The summed E-state index contributed by atoms with van der Waals surface area (Å²) in [5.74, 6) is 1.83. The van der Waals surface area contributed by atoms with Crippen LogP contribution in [0.3, 0.4) is 0 Å². The van der Waals surface area contributed by atoms with Crippen molar-refractivity contribution in [3.8, 4) is 34.4 Å². The first-order valence-electron chi connectivity index (χ1n) is 17.0. The van der Waals surface area contributed by atoms with E-state index in [4.69, 9.17) is 19.4 Å². The lowest BCUT2D eigenvalue weighted by molar-refractivity contribution is 0.673. The SMILES string of the molecule is c1ccc(-c2nc(-c3ccccc3)nc(-n3c4ccccc4c4cc(-n5c6ccccc6c6c7oc8ccccc8c7ccc65)ccc43)n2)cc1. The van der Waals surface area contributed by atoms with E-state index in [1.165, 1.54) is 0 Å². The average molecular weight is 654 g/mol. The average Bonchev–Trinajstić information content (AvgIpc) is 3.86. The van der Waals surface area contributed by atoms with Crippen LogP contribution in [0.5, 0.6) is 0 Å². The van der Waals surface area contributed by atoms with Crippen molar-refractivity contribution in [2.75, 3.05) is 0 Å². The number of hydrogen-bond acceptors (Lipinski definition) is 4. The van der Waals surface area contributed by atoms with Gasteiger partial charge in [0.05, 0.1) is 27.5 Å². The Morgan fingerprint density at radius 2 is 0.961 bits per heavy atom. The van der Waals surface area contributed by atoms with Gasteiger partial charge in [-0.3, -0.25) is 4.57 Å². The molecule has 238 valence electrons. The van der Waals surface area contributed by atoms with Gasteiger partial charge in [-0.25, -0.2) is 4.98 Å². The Morgan fingerprint density at radius 3 is 1.69 bits per heavy atom. The second-order valence-electron chi connectivity index (χ2n) is 12.9. The van der Waals surface area contributed by atoms with E-state index in [9.17, 15) is 0 Å². The summed E-state index contributed by atoms with van der Waals surface area (Å²) in [4.78, 5) is 15.1. The fraction of sp³-hybridized carbons (Fsp3) is 0. The van der Waals surface area contributed by atoms with Gasteiger partial charge >= 0.3 is 0 Å². The minimum absolute atomic E-state index is 0.575. The lowest BCUT2D eigenvalue weighted by Crippen LogP contribution is -2.06. The van der Waals surface area contributed by atoms with E-state index in [1.54, 1.807) is 0 Å². The predicted octanol–water partition coefficient (Wildman–Crippen LogP) is 11.3. The molecule has 0 saturated carbocycles. The molecule has 0 aliphatic heterocycles. The zero-order valence-corrected chi connectivity index (χ0v) is 27.2. The van der Waals surface area contributed by atoms with Gasteiger partial charge in [-0.2, -0.15) is 9.97 Å². The molecule has 0 aliphatic rings. The van der Waals surface area contributed by atoms with Crippen LogP contribution in [0.2, 0.25) is 0 Å². The molecule has 6 heteroatoms. The zero-order valence-electron chi connectivity index (χ0n) is 27.2. The first-order valence-corrected chi connectivity index (χ1v) is 17.0. The third kappa shape index (κ3) is 4.14. The number of hydrogen-bond donors (Lipinski definition) is 0. The number of fused-ring (bicyclic) bond motifs is 10. The van der Waals surface area contributed by atoms with Gasteiger partial charge < -0.3 is 8.98 Å². The Morgan fingerprint density at radius 1 is 0.392 bits per heavy atom. The third-order valence-corrected chi connectivity index (χ3v) is 9.98. The minimum atomic E-state index is 0.575. The fourth-order valence-electron chi connectivity index (χ4n) is 7.73. The highest BCUT2D eigenvalue weighted by Gasteiger charge is 2.21. The summed E-state index contributed by atoms with van der Waals surface area (Å²) in [5.41, 5.74) is 9.03. The molecule has 11 aromatic rings. The Bertz CT molecular complexity index is 3080. The second kappa shape index (κ2) is 10.7. The number of furan rings is 1. The maximum absolute atomic E-state index is 6.55. The van der Waals surface area contributed by atoms with Crippen LogP contribution in [0.4, 0.5) is 0 Å². The number of rotatable bonds is 4. The summed E-state index contributed by atoms with van der Waals surface area (Å²) in [6.07, 6.45) is 0. The van der Waals surface area contributed by atoms with Gasteiger partial charge in [-0.05, 0) is 48.5 Å². The van der Waals surface area contributed by atoms with E-state index < -0.39 is 0 Å². The highest BCUT2D eigenvalue weighted by atomic mass is 16.3. The summed E-state index contributed by atoms with van der Waals surface area (Å²) in [6.45, 7) is 0. The molecule has 0 aliphatic carbocycles. The van der Waals surface area contributed by atoms with E-state index in [-0.39, 0.29) is 0 Å². The summed E-state index contributed by atoms with van der Waals surface area (Å²) < 4.78 is 11.1. The largest absolute Gasteiger partial charge is 0.455 e. The van der Waals surface area contributed by atoms with Crippen LogP contribution in [0.15, 0.2) is 168 Å². The van der Waals surface area contributed by atoms with Gasteiger partial charge in [0.15, 0.2) is 11.6 Å². The van der Waals surface area contributed by atoms with E-state index in [0.29, 0.717) is 17.6 Å². The molecule has 7 aromatic carbocycles. The monoisotopic (exact) mass is 653 g/mol. The third-order valence-electron chi connectivity index (χ3n) is 9.98. The highest BCUT2D eigenvalue weighted by Crippen LogP contribution is 2.41. The van der Waals surface area contributed by atoms with Crippen LogP contribution >= 0.6 is 0 Å². The van der Waals surface area contributed by atoms with E-state index in [2.05, 4.69) is 100 Å². The molecule has 0 amide bonds. The van der Waals surface area contributed by atoms with Gasteiger partial charge in [0, 0.05) is 43.7 Å². The quantitative estimate of drug-likeness (QED) is 0.190. The lowest BCUT2D eigenvalue weighted by Gasteiger charge is -2.11. The molecule has 11 rings (SSSR count). The number of para-hydroxylation sites is 3. The lowest BCUT2D eigenvalue weighted by atomic mass is 10.1. The van der Waals surface area contributed by atoms with Crippen LogP contribution in [0.1, 0.15) is 0 Å².